The lowest BCUT2D eigenvalue weighted by molar-refractivity contribution is 0.122. The molecule has 1 aromatic rings. The zero-order chi connectivity index (χ0) is 13.5. The summed E-state index contributed by atoms with van der Waals surface area (Å²) in [5.41, 5.74) is 2.36. The van der Waals surface area contributed by atoms with Crippen molar-refractivity contribution in [3.63, 3.8) is 0 Å². The van der Waals surface area contributed by atoms with Gasteiger partial charge in [-0.15, -0.1) is 0 Å². The second-order valence-electron chi connectivity index (χ2n) is 4.51. The third kappa shape index (κ3) is 4.08. The summed E-state index contributed by atoms with van der Waals surface area (Å²) in [6, 6.07) is 6.08. The fraction of sp³-hybridized carbons (Fsp3) is 0.571. The molecule has 0 aliphatic carbocycles. The predicted molar refractivity (Wildman–Crippen MR) is 78.1 cm³/mol. The third-order valence-corrected chi connectivity index (χ3v) is 3.58. The first-order chi connectivity index (χ1) is 9.33. The van der Waals surface area contributed by atoms with Crippen molar-refractivity contribution in [3.05, 3.63) is 28.8 Å². The average molecular weight is 285 g/mol. The Hall–Kier alpha value is -0.810. The van der Waals surface area contributed by atoms with E-state index < -0.39 is 0 Å². The van der Waals surface area contributed by atoms with Crippen molar-refractivity contribution in [3.8, 4) is 0 Å². The molecule has 1 aromatic carbocycles. The Balaban J connectivity index is 2.06. The van der Waals surface area contributed by atoms with Gasteiger partial charge in [-0.1, -0.05) is 17.7 Å². The topological polar surface area (TPSA) is 33.7 Å². The number of benzene rings is 1. The van der Waals surface area contributed by atoms with Crippen LogP contribution in [-0.4, -0.2) is 46.6 Å². The van der Waals surface area contributed by atoms with E-state index in [1.807, 2.05) is 12.1 Å². The number of rotatable bonds is 6. The molecule has 0 spiro atoms. The molecule has 1 aliphatic rings. The summed E-state index contributed by atoms with van der Waals surface area (Å²) in [5, 5.41) is 4.17. The van der Waals surface area contributed by atoms with E-state index >= 15 is 0 Å². The number of nitrogens with one attached hydrogen (secondary N) is 1. The van der Waals surface area contributed by atoms with E-state index in [1.165, 1.54) is 5.69 Å². The van der Waals surface area contributed by atoms with Gasteiger partial charge >= 0.3 is 0 Å². The van der Waals surface area contributed by atoms with Crippen LogP contribution < -0.4 is 10.2 Å². The highest BCUT2D eigenvalue weighted by molar-refractivity contribution is 6.31. The largest absolute Gasteiger partial charge is 0.383 e. The van der Waals surface area contributed by atoms with Crippen molar-refractivity contribution in [2.75, 3.05) is 51.5 Å². The molecule has 19 heavy (non-hydrogen) atoms. The monoisotopic (exact) mass is 284 g/mol. The first-order valence-corrected chi connectivity index (χ1v) is 7.00. The smallest absolute Gasteiger partial charge is 0.0642 e. The van der Waals surface area contributed by atoms with Gasteiger partial charge in [-0.05, 0) is 12.1 Å². The molecular formula is C14H21ClN2O2. The highest BCUT2D eigenvalue weighted by Gasteiger charge is 2.16. The summed E-state index contributed by atoms with van der Waals surface area (Å²) in [6.45, 7) is 5.69. The van der Waals surface area contributed by atoms with Gasteiger partial charge in [0.25, 0.3) is 0 Å². The summed E-state index contributed by atoms with van der Waals surface area (Å²) in [5.74, 6) is 0. The predicted octanol–water partition coefficient (Wildman–Crippen LogP) is 1.91. The van der Waals surface area contributed by atoms with Crippen LogP contribution in [0.4, 0.5) is 5.69 Å². The zero-order valence-electron chi connectivity index (χ0n) is 11.3. The Kier molecular flexibility index (Phi) is 5.92. The molecule has 1 heterocycles. The number of hydrogen-bond donors (Lipinski definition) is 1. The van der Waals surface area contributed by atoms with Crippen LogP contribution in [0.3, 0.4) is 0 Å². The quantitative estimate of drug-likeness (QED) is 0.809. The van der Waals surface area contributed by atoms with Crippen molar-refractivity contribution in [1.29, 1.82) is 0 Å². The second kappa shape index (κ2) is 7.70. The molecule has 1 saturated heterocycles. The summed E-state index contributed by atoms with van der Waals surface area (Å²) in [6.07, 6.45) is 0. The summed E-state index contributed by atoms with van der Waals surface area (Å²) >= 11 is 6.33. The van der Waals surface area contributed by atoms with E-state index in [-0.39, 0.29) is 0 Å². The molecule has 106 valence electrons. The molecular weight excluding hydrogens is 264 g/mol. The van der Waals surface area contributed by atoms with E-state index in [1.54, 1.807) is 7.11 Å². The molecule has 0 atom stereocenters. The molecule has 1 fully saturated rings. The first-order valence-electron chi connectivity index (χ1n) is 6.62. The van der Waals surface area contributed by atoms with Crippen molar-refractivity contribution < 1.29 is 9.47 Å². The Morgan fingerprint density at radius 1 is 1.37 bits per heavy atom. The van der Waals surface area contributed by atoms with E-state index in [9.17, 15) is 0 Å². The Bertz CT molecular complexity index is 395. The van der Waals surface area contributed by atoms with Crippen LogP contribution in [0.25, 0.3) is 0 Å². The lowest BCUT2D eigenvalue weighted by atomic mass is 10.1. The standard InChI is InChI=1S/C14H21ClN2O2/c1-18-8-5-16-11-12-13(15)3-2-4-14(12)17-6-9-19-10-7-17/h2-4,16H,5-11H2,1H3. The number of anilines is 1. The maximum absolute atomic E-state index is 6.33. The van der Waals surface area contributed by atoms with Crippen LogP contribution >= 0.6 is 11.6 Å². The highest BCUT2D eigenvalue weighted by Crippen LogP contribution is 2.28. The number of nitrogens with zero attached hydrogens (tertiary/aromatic N) is 1. The molecule has 2 rings (SSSR count). The first kappa shape index (κ1) is 14.6. The number of morpholine rings is 1. The van der Waals surface area contributed by atoms with Gasteiger partial charge in [0.15, 0.2) is 0 Å². The van der Waals surface area contributed by atoms with Crippen LogP contribution in [0.5, 0.6) is 0 Å². The Morgan fingerprint density at radius 3 is 2.89 bits per heavy atom. The van der Waals surface area contributed by atoms with Gasteiger partial charge in [0.05, 0.1) is 19.8 Å². The van der Waals surface area contributed by atoms with E-state index in [4.69, 9.17) is 21.1 Å². The normalized spacial score (nSPS) is 15.8. The number of hydrogen-bond acceptors (Lipinski definition) is 4. The van der Waals surface area contributed by atoms with Gasteiger partial charge < -0.3 is 19.7 Å². The highest BCUT2D eigenvalue weighted by atomic mass is 35.5. The molecule has 0 amide bonds. The molecule has 0 radical (unpaired) electrons. The molecule has 0 saturated carbocycles. The molecule has 4 nitrogen and oxygen atoms in total. The van der Waals surface area contributed by atoms with Crippen LogP contribution in [-0.2, 0) is 16.0 Å². The molecule has 1 N–H and O–H groups in total. The van der Waals surface area contributed by atoms with Gasteiger partial charge in [-0.2, -0.15) is 0 Å². The Labute approximate surface area is 119 Å². The van der Waals surface area contributed by atoms with Gasteiger partial charge in [0, 0.05) is 49.6 Å². The van der Waals surface area contributed by atoms with Gasteiger partial charge in [-0.3, -0.25) is 0 Å². The molecule has 0 bridgehead atoms. The molecule has 0 aromatic heterocycles. The average Bonchev–Trinajstić information content (AvgIpc) is 2.46. The van der Waals surface area contributed by atoms with Crippen molar-refractivity contribution >= 4 is 17.3 Å². The minimum Gasteiger partial charge on any atom is -0.383 e. The maximum atomic E-state index is 6.33. The summed E-state index contributed by atoms with van der Waals surface area (Å²) in [7, 11) is 1.70. The maximum Gasteiger partial charge on any atom is 0.0642 e. The third-order valence-electron chi connectivity index (χ3n) is 3.23. The second-order valence-corrected chi connectivity index (χ2v) is 4.91. The number of methoxy groups -OCH3 is 1. The van der Waals surface area contributed by atoms with Gasteiger partial charge in [0.1, 0.15) is 0 Å². The minimum absolute atomic E-state index is 0.706. The van der Waals surface area contributed by atoms with Crippen LogP contribution in [0, 0.1) is 0 Å². The van der Waals surface area contributed by atoms with Crippen molar-refractivity contribution in [1.82, 2.24) is 5.32 Å². The summed E-state index contributed by atoms with van der Waals surface area (Å²) < 4.78 is 10.4. The lowest BCUT2D eigenvalue weighted by Gasteiger charge is -2.31. The zero-order valence-corrected chi connectivity index (χ0v) is 12.1. The van der Waals surface area contributed by atoms with Crippen molar-refractivity contribution in [2.45, 2.75) is 6.54 Å². The van der Waals surface area contributed by atoms with Gasteiger partial charge in [-0.25, -0.2) is 0 Å². The fourth-order valence-corrected chi connectivity index (χ4v) is 2.45. The van der Waals surface area contributed by atoms with E-state index in [2.05, 4.69) is 16.3 Å². The van der Waals surface area contributed by atoms with Crippen molar-refractivity contribution in [2.24, 2.45) is 0 Å². The van der Waals surface area contributed by atoms with Crippen LogP contribution in [0.15, 0.2) is 18.2 Å². The summed E-state index contributed by atoms with van der Waals surface area (Å²) in [4.78, 5) is 2.34. The Morgan fingerprint density at radius 2 is 2.16 bits per heavy atom. The number of halogens is 1. The SMILES string of the molecule is COCCNCc1c(Cl)cccc1N1CCOCC1. The molecule has 1 aliphatic heterocycles. The fourth-order valence-electron chi connectivity index (χ4n) is 2.21. The minimum atomic E-state index is 0.706. The van der Waals surface area contributed by atoms with Crippen LogP contribution in [0.2, 0.25) is 5.02 Å². The number of ether oxygens (including phenoxy) is 2. The van der Waals surface area contributed by atoms with E-state index in [0.717, 1.165) is 50.0 Å². The molecule has 5 heteroatoms. The van der Waals surface area contributed by atoms with Crippen LogP contribution in [0.1, 0.15) is 5.56 Å². The lowest BCUT2D eigenvalue weighted by Crippen LogP contribution is -2.37. The van der Waals surface area contributed by atoms with E-state index in [0.29, 0.717) is 6.61 Å². The van der Waals surface area contributed by atoms with Gasteiger partial charge in [0.2, 0.25) is 0 Å². The molecule has 0 unspecified atom stereocenters.